The van der Waals surface area contributed by atoms with E-state index in [-0.39, 0.29) is 11.9 Å². The second-order valence-electron chi connectivity index (χ2n) is 1.54. The standard InChI is InChI=1S/C5H9N3O2/c1-2-4(10)8-5(6)7-3-9/h3H,2H2,1H3,(H3,6,7,8,9,10). The largest absolute Gasteiger partial charge is 0.299 e. The van der Waals surface area contributed by atoms with Gasteiger partial charge >= 0.3 is 0 Å². The molecule has 56 valence electrons. The highest BCUT2D eigenvalue weighted by atomic mass is 16.2. The Hall–Kier alpha value is -1.39. The molecule has 0 aliphatic rings. The Morgan fingerprint density at radius 3 is 2.70 bits per heavy atom. The van der Waals surface area contributed by atoms with E-state index in [1.807, 2.05) is 5.32 Å². The maximum atomic E-state index is 10.5. The Labute approximate surface area is 58.3 Å². The number of carbonyl (C=O) groups is 2. The number of amides is 2. The van der Waals surface area contributed by atoms with Crippen molar-refractivity contribution in [3.8, 4) is 0 Å². The summed E-state index contributed by atoms with van der Waals surface area (Å²) in [6.07, 6.45) is 0.626. The van der Waals surface area contributed by atoms with Gasteiger partial charge < -0.3 is 0 Å². The summed E-state index contributed by atoms with van der Waals surface area (Å²) in [5.41, 5.74) is 0. The van der Waals surface area contributed by atoms with Gasteiger partial charge in [0.2, 0.25) is 18.3 Å². The Balaban J connectivity index is 3.57. The summed E-state index contributed by atoms with van der Waals surface area (Å²) >= 11 is 0. The van der Waals surface area contributed by atoms with Crippen LogP contribution >= 0.6 is 0 Å². The molecule has 0 unspecified atom stereocenters. The lowest BCUT2D eigenvalue weighted by Crippen LogP contribution is -2.38. The van der Waals surface area contributed by atoms with Gasteiger partial charge in [0.05, 0.1) is 0 Å². The van der Waals surface area contributed by atoms with Crippen molar-refractivity contribution >= 4 is 18.3 Å². The van der Waals surface area contributed by atoms with Gasteiger partial charge in [-0.25, -0.2) is 0 Å². The number of hydrogen-bond acceptors (Lipinski definition) is 3. The zero-order valence-corrected chi connectivity index (χ0v) is 5.60. The SMILES string of the molecule is CCC(=O)NC(=N)NC=O. The minimum atomic E-state index is -0.292. The smallest absolute Gasteiger partial charge is 0.226 e. The van der Waals surface area contributed by atoms with Gasteiger partial charge in [0, 0.05) is 6.42 Å². The van der Waals surface area contributed by atoms with Crippen molar-refractivity contribution in [3.05, 3.63) is 0 Å². The van der Waals surface area contributed by atoms with Gasteiger partial charge in [-0.15, -0.1) is 0 Å². The molecule has 0 bridgehead atoms. The first-order chi connectivity index (χ1) is 4.70. The molecule has 5 nitrogen and oxygen atoms in total. The molecule has 0 fully saturated rings. The fourth-order valence-electron chi connectivity index (χ4n) is 0.323. The maximum absolute atomic E-state index is 10.5. The van der Waals surface area contributed by atoms with Gasteiger partial charge in [0.15, 0.2) is 0 Å². The van der Waals surface area contributed by atoms with Crippen LogP contribution in [0.1, 0.15) is 13.3 Å². The molecule has 2 amide bonds. The third kappa shape index (κ3) is 3.59. The molecule has 10 heavy (non-hydrogen) atoms. The van der Waals surface area contributed by atoms with E-state index in [1.165, 1.54) is 0 Å². The Morgan fingerprint density at radius 2 is 2.30 bits per heavy atom. The zero-order chi connectivity index (χ0) is 7.98. The number of carbonyl (C=O) groups excluding carboxylic acids is 2. The highest BCUT2D eigenvalue weighted by Crippen LogP contribution is 1.72. The van der Waals surface area contributed by atoms with Crippen molar-refractivity contribution in [2.75, 3.05) is 0 Å². The van der Waals surface area contributed by atoms with E-state index in [0.29, 0.717) is 12.8 Å². The molecular weight excluding hydrogens is 134 g/mol. The fraction of sp³-hybridized carbons (Fsp3) is 0.400. The highest BCUT2D eigenvalue weighted by Gasteiger charge is 1.98. The summed E-state index contributed by atoms with van der Waals surface area (Å²) in [6.45, 7) is 1.66. The van der Waals surface area contributed by atoms with Crippen LogP contribution in [0, 0.1) is 5.41 Å². The molecule has 0 aliphatic carbocycles. The van der Waals surface area contributed by atoms with E-state index in [0.717, 1.165) is 0 Å². The fourth-order valence-corrected chi connectivity index (χ4v) is 0.323. The second-order valence-corrected chi connectivity index (χ2v) is 1.54. The lowest BCUT2D eigenvalue weighted by atomic mass is 10.5. The maximum Gasteiger partial charge on any atom is 0.226 e. The summed E-state index contributed by atoms with van der Waals surface area (Å²) in [4.78, 5) is 20.2. The summed E-state index contributed by atoms with van der Waals surface area (Å²) in [5.74, 6) is -0.582. The van der Waals surface area contributed by atoms with E-state index >= 15 is 0 Å². The lowest BCUT2D eigenvalue weighted by molar-refractivity contribution is -0.119. The van der Waals surface area contributed by atoms with Gasteiger partial charge in [-0.2, -0.15) is 0 Å². The first kappa shape index (κ1) is 8.61. The van der Waals surface area contributed by atoms with E-state index in [9.17, 15) is 9.59 Å². The minimum absolute atomic E-state index is 0.290. The van der Waals surface area contributed by atoms with E-state index < -0.39 is 0 Å². The summed E-state index contributed by atoms with van der Waals surface area (Å²) in [6, 6.07) is 0. The van der Waals surface area contributed by atoms with Crippen molar-refractivity contribution in [2.45, 2.75) is 13.3 Å². The Morgan fingerprint density at radius 1 is 1.70 bits per heavy atom. The average molecular weight is 143 g/mol. The van der Waals surface area contributed by atoms with Crippen molar-refractivity contribution in [3.63, 3.8) is 0 Å². The first-order valence-electron chi connectivity index (χ1n) is 2.79. The van der Waals surface area contributed by atoms with Crippen LogP contribution in [0.2, 0.25) is 0 Å². The van der Waals surface area contributed by atoms with Crippen molar-refractivity contribution < 1.29 is 9.59 Å². The molecule has 0 aromatic rings. The molecule has 0 saturated heterocycles. The molecule has 0 aromatic heterocycles. The predicted octanol–water partition coefficient (Wildman–Crippen LogP) is -0.807. The van der Waals surface area contributed by atoms with Crippen LogP contribution in [0.3, 0.4) is 0 Å². The third-order valence-electron chi connectivity index (χ3n) is 0.789. The van der Waals surface area contributed by atoms with Crippen LogP contribution in [0.25, 0.3) is 0 Å². The monoisotopic (exact) mass is 143 g/mol. The number of nitrogens with one attached hydrogen (secondary N) is 3. The first-order valence-corrected chi connectivity index (χ1v) is 2.79. The molecule has 0 saturated carbocycles. The molecule has 0 heterocycles. The average Bonchev–Trinajstić information content (AvgIpc) is 1.88. The molecule has 0 spiro atoms. The quantitative estimate of drug-likeness (QED) is 0.268. The van der Waals surface area contributed by atoms with Crippen molar-refractivity contribution in [2.24, 2.45) is 0 Å². The van der Waals surface area contributed by atoms with E-state index in [2.05, 4.69) is 5.32 Å². The molecule has 0 atom stereocenters. The molecule has 0 rings (SSSR count). The van der Waals surface area contributed by atoms with E-state index in [4.69, 9.17) is 5.41 Å². The Bertz CT molecular complexity index is 155. The highest BCUT2D eigenvalue weighted by molar-refractivity contribution is 5.98. The normalized spacial score (nSPS) is 8.10. The molecular formula is C5H9N3O2. The van der Waals surface area contributed by atoms with E-state index in [1.54, 1.807) is 6.92 Å². The summed E-state index contributed by atoms with van der Waals surface area (Å²) in [7, 11) is 0. The second kappa shape index (κ2) is 4.49. The molecule has 0 aromatic carbocycles. The number of guanidine groups is 1. The van der Waals surface area contributed by atoms with Crippen LogP contribution in [0.15, 0.2) is 0 Å². The van der Waals surface area contributed by atoms with Crippen molar-refractivity contribution in [1.82, 2.24) is 10.6 Å². The van der Waals surface area contributed by atoms with Gasteiger partial charge in [-0.3, -0.25) is 25.6 Å². The van der Waals surface area contributed by atoms with Crippen LogP contribution in [-0.4, -0.2) is 18.3 Å². The molecule has 5 heteroatoms. The molecule has 3 N–H and O–H groups in total. The predicted molar refractivity (Wildman–Crippen MR) is 35.4 cm³/mol. The summed E-state index contributed by atoms with van der Waals surface area (Å²) in [5, 5.41) is 11.0. The minimum Gasteiger partial charge on any atom is -0.299 e. The van der Waals surface area contributed by atoms with Crippen LogP contribution < -0.4 is 10.6 Å². The lowest BCUT2D eigenvalue weighted by Gasteiger charge is -2.00. The Kier molecular flexibility index (Phi) is 3.86. The van der Waals surface area contributed by atoms with Crippen LogP contribution in [0.4, 0.5) is 0 Å². The topological polar surface area (TPSA) is 82.1 Å². The molecule has 0 radical (unpaired) electrons. The van der Waals surface area contributed by atoms with Crippen molar-refractivity contribution in [1.29, 1.82) is 5.41 Å². The number of rotatable bonds is 2. The summed E-state index contributed by atoms with van der Waals surface area (Å²) < 4.78 is 0. The third-order valence-corrected chi connectivity index (χ3v) is 0.789. The van der Waals surface area contributed by atoms with Gasteiger partial charge in [-0.05, 0) is 0 Å². The van der Waals surface area contributed by atoms with Gasteiger partial charge in [-0.1, -0.05) is 6.92 Å². The van der Waals surface area contributed by atoms with Gasteiger partial charge in [0.1, 0.15) is 0 Å². The van der Waals surface area contributed by atoms with Gasteiger partial charge in [0.25, 0.3) is 0 Å². The number of hydrogen-bond donors (Lipinski definition) is 3. The van der Waals surface area contributed by atoms with Crippen LogP contribution in [-0.2, 0) is 9.59 Å². The molecule has 0 aliphatic heterocycles. The van der Waals surface area contributed by atoms with Crippen LogP contribution in [0.5, 0.6) is 0 Å². The zero-order valence-electron chi connectivity index (χ0n) is 5.60.